The zero-order valence-electron chi connectivity index (χ0n) is 14.9. The Hall–Kier alpha value is -0.0800. The summed E-state index contributed by atoms with van der Waals surface area (Å²) in [6, 6.07) is 0.672. The molecule has 0 aromatic carbocycles. The lowest BCUT2D eigenvalue weighted by molar-refractivity contribution is -0.0211. The molecule has 1 saturated heterocycles. The SMILES string of the molecule is CCCCCCCCC(CCCCC)C1COCCN1C. The van der Waals surface area contributed by atoms with Gasteiger partial charge in [-0.1, -0.05) is 71.6 Å². The molecule has 21 heavy (non-hydrogen) atoms. The summed E-state index contributed by atoms with van der Waals surface area (Å²) in [5.74, 6) is 0.855. The second kappa shape index (κ2) is 12.5. The smallest absolute Gasteiger partial charge is 0.0625 e. The minimum Gasteiger partial charge on any atom is -0.378 e. The first-order chi connectivity index (χ1) is 10.3. The van der Waals surface area contributed by atoms with Gasteiger partial charge in [-0.2, -0.15) is 0 Å². The molecule has 1 fully saturated rings. The van der Waals surface area contributed by atoms with Crippen molar-refractivity contribution in [1.82, 2.24) is 4.90 Å². The van der Waals surface area contributed by atoms with E-state index in [1.165, 1.54) is 70.6 Å². The van der Waals surface area contributed by atoms with Crippen molar-refractivity contribution in [2.45, 2.75) is 90.5 Å². The molecule has 2 atom stereocenters. The molecule has 2 heteroatoms. The number of likely N-dealkylation sites (N-methyl/N-ethyl adjacent to an activating group) is 1. The fourth-order valence-corrected chi connectivity index (χ4v) is 3.57. The zero-order chi connectivity index (χ0) is 15.3. The van der Waals surface area contributed by atoms with E-state index in [0.717, 1.165) is 25.7 Å². The molecule has 126 valence electrons. The number of nitrogens with zero attached hydrogens (tertiary/aromatic N) is 1. The highest BCUT2D eigenvalue weighted by atomic mass is 16.5. The maximum absolute atomic E-state index is 5.76. The number of unbranched alkanes of at least 4 members (excludes halogenated alkanes) is 7. The van der Waals surface area contributed by atoms with Gasteiger partial charge in [0.05, 0.1) is 13.2 Å². The highest BCUT2D eigenvalue weighted by Crippen LogP contribution is 2.26. The molecule has 0 bridgehead atoms. The van der Waals surface area contributed by atoms with Crippen molar-refractivity contribution in [1.29, 1.82) is 0 Å². The molecular weight excluding hydrogens is 258 g/mol. The van der Waals surface area contributed by atoms with Crippen LogP contribution >= 0.6 is 0 Å². The normalized spacial score (nSPS) is 21.6. The van der Waals surface area contributed by atoms with Crippen LogP contribution in [0.4, 0.5) is 0 Å². The van der Waals surface area contributed by atoms with Crippen LogP contribution in [0.3, 0.4) is 0 Å². The number of ether oxygens (including phenoxy) is 1. The van der Waals surface area contributed by atoms with Crippen LogP contribution in [-0.4, -0.2) is 37.7 Å². The van der Waals surface area contributed by atoms with Crippen LogP contribution in [0.2, 0.25) is 0 Å². The molecule has 0 aromatic heterocycles. The van der Waals surface area contributed by atoms with Crippen molar-refractivity contribution in [2.75, 3.05) is 26.8 Å². The number of hydrogen-bond donors (Lipinski definition) is 0. The Balaban J connectivity index is 2.29. The molecule has 2 nitrogen and oxygen atoms in total. The average molecular weight is 298 g/mol. The van der Waals surface area contributed by atoms with Crippen molar-refractivity contribution < 1.29 is 4.74 Å². The third-order valence-electron chi connectivity index (χ3n) is 5.09. The molecule has 0 aliphatic carbocycles. The highest BCUT2D eigenvalue weighted by Gasteiger charge is 2.27. The minimum atomic E-state index is 0.672. The van der Waals surface area contributed by atoms with Crippen LogP contribution in [0.15, 0.2) is 0 Å². The van der Waals surface area contributed by atoms with Crippen LogP contribution in [0, 0.1) is 5.92 Å². The van der Waals surface area contributed by atoms with E-state index in [2.05, 4.69) is 25.8 Å². The van der Waals surface area contributed by atoms with E-state index in [1.54, 1.807) is 0 Å². The average Bonchev–Trinajstić information content (AvgIpc) is 2.50. The molecule has 2 unspecified atom stereocenters. The van der Waals surface area contributed by atoms with Gasteiger partial charge in [-0.05, 0) is 25.8 Å². The lowest BCUT2D eigenvalue weighted by Gasteiger charge is -2.38. The molecule has 0 N–H and O–H groups in total. The second-order valence-corrected chi connectivity index (χ2v) is 6.94. The van der Waals surface area contributed by atoms with Crippen molar-refractivity contribution in [3.8, 4) is 0 Å². The summed E-state index contributed by atoms with van der Waals surface area (Å²) in [5, 5.41) is 0. The molecular formula is C19H39NO. The van der Waals surface area contributed by atoms with Crippen molar-refractivity contribution in [3.05, 3.63) is 0 Å². The Morgan fingerprint density at radius 2 is 1.48 bits per heavy atom. The van der Waals surface area contributed by atoms with Crippen LogP contribution in [0.5, 0.6) is 0 Å². The first-order valence-electron chi connectivity index (χ1n) is 9.57. The highest BCUT2D eigenvalue weighted by molar-refractivity contribution is 4.80. The van der Waals surface area contributed by atoms with Gasteiger partial charge in [0.1, 0.15) is 0 Å². The van der Waals surface area contributed by atoms with Crippen LogP contribution in [0.25, 0.3) is 0 Å². The van der Waals surface area contributed by atoms with Crippen molar-refractivity contribution in [3.63, 3.8) is 0 Å². The van der Waals surface area contributed by atoms with E-state index >= 15 is 0 Å². The van der Waals surface area contributed by atoms with Crippen molar-refractivity contribution in [2.24, 2.45) is 5.92 Å². The van der Waals surface area contributed by atoms with Gasteiger partial charge in [0.2, 0.25) is 0 Å². The van der Waals surface area contributed by atoms with Crippen LogP contribution in [-0.2, 0) is 4.74 Å². The Kier molecular flexibility index (Phi) is 11.3. The van der Waals surface area contributed by atoms with E-state index in [1.807, 2.05) is 0 Å². The Labute approximate surface area is 133 Å². The maximum atomic E-state index is 5.76. The molecule has 0 radical (unpaired) electrons. The molecule has 0 aromatic rings. The summed E-state index contributed by atoms with van der Waals surface area (Å²) >= 11 is 0. The van der Waals surface area contributed by atoms with Gasteiger partial charge in [-0.3, -0.25) is 4.90 Å². The molecule has 0 saturated carbocycles. The molecule has 0 amide bonds. The lowest BCUT2D eigenvalue weighted by atomic mass is 9.87. The summed E-state index contributed by atoms with van der Waals surface area (Å²) in [6.07, 6.45) is 15.4. The van der Waals surface area contributed by atoms with Gasteiger partial charge >= 0.3 is 0 Å². The molecule has 1 rings (SSSR count). The summed E-state index contributed by atoms with van der Waals surface area (Å²) in [7, 11) is 2.29. The Morgan fingerprint density at radius 1 is 0.905 bits per heavy atom. The van der Waals surface area contributed by atoms with Gasteiger partial charge < -0.3 is 4.74 Å². The summed E-state index contributed by atoms with van der Waals surface area (Å²) in [4.78, 5) is 2.55. The first-order valence-corrected chi connectivity index (χ1v) is 9.57. The quantitative estimate of drug-likeness (QED) is 0.455. The fraction of sp³-hybridized carbons (Fsp3) is 1.00. The van der Waals surface area contributed by atoms with Gasteiger partial charge in [0.15, 0.2) is 0 Å². The summed E-state index contributed by atoms with van der Waals surface area (Å²) < 4.78 is 5.76. The number of morpholine rings is 1. The Bertz CT molecular complexity index is 232. The Morgan fingerprint density at radius 3 is 2.14 bits per heavy atom. The number of rotatable bonds is 12. The van der Waals surface area contributed by atoms with Crippen LogP contribution < -0.4 is 0 Å². The minimum absolute atomic E-state index is 0.672. The van der Waals surface area contributed by atoms with E-state index in [4.69, 9.17) is 4.74 Å². The molecule has 1 aliphatic heterocycles. The van der Waals surface area contributed by atoms with Gasteiger partial charge in [0, 0.05) is 12.6 Å². The molecule has 1 heterocycles. The van der Waals surface area contributed by atoms with E-state index in [-0.39, 0.29) is 0 Å². The van der Waals surface area contributed by atoms with E-state index in [0.29, 0.717) is 6.04 Å². The zero-order valence-corrected chi connectivity index (χ0v) is 14.9. The van der Waals surface area contributed by atoms with E-state index < -0.39 is 0 Å². The molecule has 0 spiro atoms. The predicted octanol–water partition coefficient (Wildman–Crippen LogP) is 5.26. The third kappa shape index (κ3) is 8.21. The van der Waals surface area contributed by atoms with E-state index in [9.17, 15) is 0 Å². The summed E-state index contributed by atoms with van der Waals surface area (Å²) in [5.41, 5.74) is 0. The van der Waals surface area contributed by atoms with Gasteiger partial charge in [0.25, 0.3) is 0 Å². The topological polar surface area (TPSA) is 12.5 Å². The second-order valence-electron chi connectivity index (χ2n) is 6.94. The summed E-state index contributed by atoms with van der Waals surface area (Å²) in [6.45, 7) is 7.60. The van der Waals surface area contributed by atoms with Crippen LogP contribution in [0.1, 0.15) is 84.5 Å². The molecule has 1 aliphatic rings. The maximum Gasteiger partial charge on any atom is 0.0625 e. The van der Waals surface area contributed by atoms with Gasteiger partial charge in [-0.15, -0.1) is 0 Å². The number of hydrogen-bond acceptors (Lipinski definition) is 2. The third-order valence-corrected chi connectivity index (χ3v) is 5.09. The first kappa shape index (κ1) is 19.0. The van der Waals surface area contributed by atoms with Crippen molar-refractivity contribution >= 4 is 0 Å². The largest absolute Gasteiger partial charge is 0.378 e. The monoisotopic (exact) mass is 297 g/mol. The predicted molar refractivity (Wildman–Crippen MR) is 92.9 cm³/mol. The fourth-order valence-electron chi connectivity index (χ4n) is 3.57. The van der Waals surface area contributed by atoms with Gasteiger partial charge in [-0.25, -0.2) is 0 Å². The standard InChI is InChI=1S/C19H39NO/c1-4-6-8-9-10-12-14-18(13-11-7-5-2)19-17-21-16-15-20(19)3/h18-19H,4-17H2,1-3H3. The lowest BCUT2D eigenvalue weighted by Crippen LogP contribution is -2.47.